The lowest BCUT2D eigenvalue weighted by Gasteiger charge is -2.27. The van der Waals surface area contributed by atoms with Crippen LogP contribution in [0.4, 0.5) is 28.9 Å². The summed E-state index contributed by atoms with van der Waals surface area (Å²) in [4.78, 5) is 36.5. The Morgan fingerprint density at radius 3 is 2.55 bits per heavy atom. The van der Waals surface area contributed by atoms with Crippen molar-refractivity contribution in [3.05, 3.63) is 18.2 Å². The first-order valence-corrected chi connectivity index (χ1v) is 8.29. The number of amides is 3. The molecule has 1 aromatic carbocycles. The molecule has 0 saturated carbocycles. The van der Waals surface area contributed by atoms with Crippen molar-refractivity contribution in [3.8, 4) is 5.75 Å². The van der Waals surface area contributed by atoms with Crippen LogP contribution in [0.2, 0.25) is 0 Å². The van der Waals surface area contributed by atoms with Gasteiger partial charge in [-0.1, -0.05) is 0 Å². The fraction of sp³-hybridized carbons (Fsp3) is 0.438. The van der Waals surface area contributed by atoms with E-state index in [0.29, 0.717) is 0 Å². The fourth-order valence-electron chi connectivity index (χ4n) is 2.45. The Balaban J connectivity index is 2.22. The normalized spacial score (nSPS) is 15.4. The fourth-order valence-corrected chi connectivity index (χ4v) is 2.45. The monoisotopic (exact) mass is 422 g/mol. The van der Waals surface area contributed by atoms with E-state index in [2.05, 4.69) is 10.1 Å². The summed E-state index contributed by atoms with van der Waals surface area (Å²) in [5.41, 5.74) is 5.30. The molecule has 0 bridgehead atoms. The summed E-state index contributed by atoms with van der Waals surface area (Å²) >= 11 is 0. The molecule has 1 aromatic rings. The number of rotatable bonds is 8. The standard InChI is InChI=1S/C16H18F4N4O5/c17-13(18)15(27)23-10(6-21)14(26)22-9-2-1-8(5-11(9)29-16(19)20)24-3-4-28-7-12(24)25/h1-2,5,10,13,16H,3-4,6-7,21H2,(H,22,26)(H,23,27)/t10-/m0/s1. The first-order chi connectivity index (χ1) is 13.7. The Labute approximate surface area is 162 Å². The molecular weight excluding hydrogens is 404 g/mol. The number of alkyl halides is 4. The van der Waals surface area contributed by atoms with Gasteiger partial charge >= 0.3 is 13.0 Å². The maximum atomic E-state index is 12.8. The number of carbonyl (C=O) groups is 3. The number of halogens is 4. The van der Waals surface area contributed by atoms with E-state index in [0.717, 1.165) is 6.07 Å². The molecular formula is C16H18F4N4O5. The van der Waals surface area contributed by atoms with Gasteiger partial charge in [-0.05, 0) is 12.1 Å². The maximum Gasteiger partial charge on any atom is 0.387 e. The van der Waals surface area contributed by atoms with E-state index in [1.54, 1.807) is 5.32 Å². The number of hydrogen-bond donors (Lipinski definition) is 3. The van der Waals surface area contributed by atoms with Crippen LogP contribution in [0.25, 0.3) is 0 Å². The largest absolute Gasteiger partial charge is 0.433 e. The van der Waals surface area contributed by atoms with Gasteiger partial charge in [0.25, 0.3) is 11.8 Å². The van der Waals surface area contributed by atoms with Crippen molar-refractivity contribution >= 4 is 29.1 Å². The molecule has 0 aromatic heterocycles. The minimum absolute atomic E-state index is 0.175. The molecule has 3 amide bonds. The molecule has 29 heavy (non-hydrogen) atoms. The van der Waals surface area contributed by atoms with Crippen LogP contribution in [0, 0.1) is 0 Å². The van der Waals surface area contributed by atoms with Crippen molar-refractivity contribution in [1.82, 2.24) is 5.32 Å². The SMILES string of the molecule is NC[C@H](NC(=O)C(F)F)C(=O)Nc1ccc(N2CCOCC2=O)cc1OC(F)F. The third-order valence-corrected chi connectivity index (χ3v) is 3.80. The third kappa shape index (κ3) is 6.02. The highest BCUT2D eigenvalue weighted by molar-refractivity contribution is 6.00. The molecule has 0 spiro atoms. The molecule has 0 unspecified atom stereocenters. The van der Waals surface area contributed by atoms with Gasteiger partial charge < -0.3 is 30.7 Å². The average molecular weight is 422 g/mol. The van der Waals surface area contributed by atoms with Gasteiger partial charge in [0.1, 0.15) is 12.6 Å². The van der Waals surface area contributed by atoms with Crippen LogP contribution in [0.5, 0.6) is 5.75 Å². The number of anilines is 2. The van der Waals surface area contributed by atoms with Crippen LogP contribution < -0.4 is 26.0 Å². The second kappa shape index (κ2) is 10.0. The van der Waals surface area contributed by atoms with Crippen LogP contribution in [0.15, 0.2) is 18.2 Å². The predicted octanol–water partition coefficient (Wildman–Crippen LogP) is 0.298. The van der Waals surface area contributed by atoms with Crippen LogP contribution in [0.3, 0.4) is 0 Å². The minimum atomic E-state index is -3.36. The topological polar surface area (TPSA) is 123 Å². The second-order valence-corrected chi connectivity index (χ2v) is 5.74. The molecule has 13 heteroatoms. The zero-order valence-corrected chi connectivity index (χ0v) is 14.9. The van der Waals surface area contributed by atoms with Gasteiger partial charge in [0.2, 0.25) is 5.91 Å². The number of hydrogen-bond acceptors (Lipinski definition) is 6. The van der Waals surface area contributed by atoms with Crippen molar-refractivity contribution in [1.29, 1.82) is 0 Å². The molecule has 1 aliphatic rings. The van der Waals surface area contributed by atoms with Gasteiger partial charge in [0.05, 0.1) is 12.3 Å². The summed E-state index contributed by atoms with van der Waals surface area (Å²) in [7, 11) is 0. The van der Waals surface area contributed by atoms with Gasteiger partial charge in [0.15, 0.2) is 5.75 Å². The smallest absolute Gasteiger partial charge is 0.387 e. The summed E-state index contributed by atoms with van der Waals surface area (Å²) in [6.45, 7) is -3.50. The van der Waals surface area contributed by atoms with Crippen molar-refractivity contribution in [2.75, 3.05) is 36.5 Å². The first-order valence-electron chi connectivity index (χ1n) is 8.29. The molecule has 160 valence electrons. The summed E-state index contributed by atoms with van der Waals surface area (Å²) in [6, 6.07) is 2.14. The third-order valence-electron chi connectivity index (χ3n) is 3.80. The van der Waals surface area contributed by atoms with E-state index in [-0.39, 0.29) is 31.1 Å². The summed E-state index contributed by atoms with van der Waals surface area (Å²) < 4.78 is 59.6. The highest BCUT2D eigenvalue weighted by Gasteiger charge is 2.26. The van der Waals surface area contributed by atoms with Crippen LogP contribution in [0.1, 0.15) is 0 Å². The lowest BCUT2D eigenvalue weighted by molar-refractivity contribution is -0.134. The van der Waals surface area contributed by atoms with Crippen molar-refractivity contribution in [2.24, 2.45) is 5.73 Å². The lowest BCUT2D eigenvalue weighted by atomic mass is 10.2. The molecule has 1 saturated heterocycles. The number of nitrogens with one attached hydrogen (secondary N) is 2. The van der Waals surface area contributed by atoms with E-state index >= 15 is 0 Å². The van der Waals surface area contributed by atoms with E-state index in [1.165, 1.54) is 17.0 Å². The molecule has 2 rings (SSSR count). The summed E-state index contributed by atoms with van der Waals surface area (Å²) in [6.07, 6.45) is -3.36. The molecule has 1 atom stereocenters. The van der Waals surface area contributed by atoms with E-state index in [1.807, 2.05) is 0 Å². The summed E-state index contributed by atoms with van der Waals surface area (Å²) in [5, 5.41) is 3.92. The number of carbonyl (C=O) groups excluding carboxylic acids is 3. The maximum absolute atomic E-state index is 12.8. The van der Waals surface area contributed by atoms with Crippen LogP contribution in [-0.2, 0) is 19.1 Å². The highest BCUT2D eigenvalue weighted by Crippen LogP contribution is 2.32. The van der Waals surface area contributed by atoms with Gasteiger partial charge in [-0.2, -0.15) is 17.6 Å². The Bertz CT molecular complexity index is 765. The first kappa shape index (κ1) is 22.4. The van der Waals surface area contributed by atoms with E-state index in [9.17, 15) is 31.9 Å². The molecule has 0 aliphatic carbocycles. The van der Waals surface area contributed by atoms with Gasteiger partial charge in [-0.3, -0.25) is 14.4 Å². The van der Waals surface area contributed by atoms with Crippen LogP contribution >= 0.6 is 0 Å². The van der Waals surface area contributed by atoms with Gasteiger partial charge in [-0.25, -0.2) is 0 Å². The highest BCUT2D eigenvalue weighted by atomic mass is 19.3. The molecule has 1 heterocycles. The zero-order chi connectivity index (χ0) is 21.6. The van der Waals surface area contributed by atoms with Gasteiger partial charge in [-0.15, -0.1) is 0 Å². The minimum Gasteiger partial charge on any atom is -0.433 e. The lowest BCUT2D eigenvalue weighted by Crippen LogP contribution is -2.50. The van der Waals surface area contributed by atoms with Gasteiger partial charge in [0, 0.05) is 24.8 Å². The van der Waals surface area contributed by atoms with E-state index < -0.39 is 49.1 Å². The zero-order valence-electron chi connectivity index (χ0n) is 14.9. The average Bonchev–Trinajstić information content (AvgIpc) is 2.67. The van der Waals surface area contributed by atoms with Crippen molar-refractivity contribution in [2.45, 2.75) is 19.1 Å². The molecule has 9 nitrogen and oxygen atoms in total. The molecule has 1 fully saturated rings. The van der Waals surface area contributed by atoms with Crippen molar-refractivity contribution in [3.63, 3.8) is 0 Å². The summed E-state index contributed by atoms with van der Waals surface area (Å²) in [5.74, 6) is -3.59. The molecule has 1 aliphatic heterocycles. The van der Waals surface area contributed by atoms with Crippen molar-refractivity contribution < 1.29 is 41.4 Å². The molecule has 4 N–H and O–H groups in total. The predicted molar refractivity (Wildman–Crippen MR) is 91.9 cm³/mol. The number of nitrogens with two attached hydrogens (primary N) is 1. The number of morpholine rings is 1. The molecule has 0 radical (unpaired) electrons. The second-order valence-electron chi connectivity index (χ2n) is 5.74. The Morgan fingerprint density at radius 2 is 1.97 bits per heavy atom. The Morgan fingerprint density at radius 1 is 1.24 bits per heavy atom. The number of nitrogens with zero attached hydrogens (tertiary/aromatic N) is 1. The van der Waals surface area contributed by atoms with Crippen LogP contribution in [-0.4, -0.2) is 63.1 Å². The quantitative estimate of drug-likeness (QED) is 0.518. The van der Waals surface area contributed by atoms with E-state index in [4.69, 9.17) is 10.5 Å². The Hall–Kier alpha value is -2.93. The Kier molecular flexibility index (Phi) is 7.73. The number of benzene rings is 1. The number of ether oxygens (including phenoxy) is 2.